The van der Waals surface area contributed by atoms with E-state index in [1.165, 1.54) is 74.9 Å². The fourth-order valence-electron chi connectivity index (χ4n) is 2.96. The number of hydrogen-bond acceptors (Lipinski definition) is 8. The molecule has 0 aliphatic carbocycles. The van der Waals surface area contributed by atoms with Crippen LogP contribution in [0.25, 0.3) is 0 Å². The van der Waals surface area contributed by atoms with Crippen molar-refractivity contribution in [2.24, 2.45) is 0 Å². The summed E-state index contributed by atoms with van der Waals surface area (Å²) in [5, 5.41) is 27.0. The Morgan fingerprint density at radius 3 is 1.32 bits per heavy atom. The summed E-state index contributed by atoms with van der Waals surface area (Å²) < 4.78 is 10.2. The number of nitro groups is 2. The minimum absolute atomic E-state index is 0.121. The molecule has 3 aromatic rings. The molecule has 0 aliphatic heterocycles. The predicted octanol–water partition coefficient (Wildman–Crippen LogP) is 4.02. The van der Waals surface area contributed by atoms with Crippen LogP contribution in [0.15, 0.2) is 60.7 Å². The molecule has 0 saturated heterocycles. The van der Waals surface area contributed by atoms with Gasteiger partial charge in [0.15, 0.2) is 0 Å². The lowest BCUT2D eigenvalue weighted by Gasteiger charge is -2.11. The van der Waals surface area contributed by atoms with Gasteiger partial charge in [-0.15, -0.1) is 0 Å². The Kier molecular flexibility index (Phi) is 7.01. The third-order valence-corrected chi connectivity index (χ3v) is 4.70. The van der Waals surface area contributed by atoms with Crippen LogP contribution in [0.3, 0.4) is 0 Å². The lowest BCUT2D eigenvalue weighted by Crippen LogP contribution is -2.15. The minimum Gasteiger partial charge on any atom is -0.494 e. The standard InChI is InChI=1S/C22H18N4O8/c1-33-19-11-15(25(29)30)7-9-17(19)23-21(27)13-3-5-14(6-4-13)22(28)24-18-10-8-16(26(31)32)12-20(18)34-2/h3-12H,1-2H3,(H,23,27)(H,24,28). The summed E-state index contributed by atoms with van der Waals surface area (Å²) in [6, 6.07) is 13.3. The summed E-state index contributed by atoms with van der Waals surface area (Å²) in [5.74, 6) is -0.793. The number of methoxy groups -OCH3 is 2. The molecule has 0 unspecified atom stereocenters. The maximum absolute atomic E-state index is 12.6. The molecule has 34 heavy (non-hydrogen) atoms. The number of benzene rings is 3. The van der Waals surface area contributed by atoms with Crippen molar-refractivity contribution >= 4 is 34.6 Å². The van der Waals surface area contributed by atoms with Crippen molar-refractivity contribution in [3.63, 3.8) is 0 Å². The normalized spacial score (nSPS) is 10.2. The van der Waals surface area contributed by atoms with E-state index in [2.05, 4.69) is 10.6 Å². The van der Waals surface area contributed by atoms with Gasteiger partial charge in [-0.3, -0.25) is 29.8 Å². The van der Waals surface area contributed by atoms with E-state index in [1.807, 2.05) is 0 Å². The van der Waals surface area contributed by atoms with Crippen molar-refractivity contribution < 1.29 is 28.9 Å². The molecule has 2 N–H and O–H groups in total. The molecule has 0 bridgehead atoms. The minimum atomic E-state index is -0.579. The molecule has 0 radical (unpaired) electrons. The van der Waals surface area contributed by atoms with Crippen LogP contribution in [0, 0.1) is 20.2 Å². The number of rotatable bonds is 8. The maximum Gasteiger partial charge on any atom is 0.273 e. The Morgan fingerprint density at radius 2 is 1.03 bits per heavy atom. The van der Waals surface area contributed by atoms with E-state index in [4.69, 9.17) is 9.47 Å². The molecule has 3 rings (SSSR count). The highest BCUT2D eigenvalue weighted by atomic mass is 16.6. The molecule has 0 fully saturated rings. The van der Waals surface area contributed by atoms with Crippen molar-refractivity contribution in [3.05, 3.63) is 92.0 Å². The van der Waals surface area contributed by atoms with E-state index in [1.54, 1.807) is 0 Å². The summed E-state index contributed by atoms with van der Waals surface area (Å²) in [5.41, 5.74) is 0.565. The van der Waals surface area contributed by atoms with Crippen molar-refractivity contribution in [2.75, 3.05) is 24.9 Å². The number of nitrogens with zero attached hydrogens (tertiary/aromatic N) is 2. The third kappa shape index (κ3) is 5.24. The van der Waals surface area contributed by atoms with Gasteiger partial charge >= 0.3 is 0 Å². The maximum atomic E-state index is 12.6. The van der Waals surface area contributed by atoms with Gasteiger partial charge in [0, 0.05) is 23.3 Å². The first-order valence-corrected chi connectivity index (χ1v) is 9.61. The van der Waals surface area contributed by atoms with Crippen molar-refractivity contribution in [1.82, 2.24) is 0 Å². The van der Waals surface area contributed by atoms with E-state index in [0.29, 0.717) is 0 Å². The van der Waals surface area contributed by atoms with Crippen LogP contribution in [0.1, 0.15) is 20.7 Å². The summed E-state index contributed by atoms with van der Waals surface area (Å²) in [6.07, 6.45) is 0. The first-order valence-electron chi connectivity index (χ1n) is 9.61. The first-order chi connectivity index (χ1) is 16.2. The second-order valence-corrected chi connectivity index (χ2v) is 6.77. The quantitative estimate of drug-likeness (QED) is 0.371. The van der Waals surface area contributed by atoms with Gasteiger partial charge in [-0.05, 0) is 36.4 Å². The average Bonchev–Trinajstić information content (AvgIpc) is 2.84. The van der Waals surface area contributed by atoms with Crippen LogP contribution in [-0.4, -0.2) is 35.9 Å². The zero-order valence-corrected chi connectivity index (χ0v) is 17.9. The van der Waals surface area contributed by atoms with Gasteiger partial charge in [-0.2, -0.15) is 0 Å². The van der Waals surface area contributed by atoms with Crippen molar-refractivity contribution in [1.29, 1.82) is 0 Å². The molecular weight excluding hydrogens is 448 g/mol. The Bertz CT molecular complexity index is 1180. The molecule has 174 valence electrons. The molecule has 12 heteroatoms. The molecule has 0 heterocycles. The molecule has 3 aromatic carbocycles. The topological polar surface area (TPSA) is 163 Å². The van der Waals surface area contributed by atoms with E-state index in [-0.39, 0.29) is 45.4 Å². The second-order valence-electron chi connectivity index (χ2n) is 6.77. The summed E-state index contributed by atoms with van der Waals surface area (Å²) in [6.45, 7) is 0. The highest BCUT2D eigenvalue weighted by molar-refractivity contribution is 6.08. The SMILES string of the molecule is COc1cc([N+](=O)[O-])ccc1NC(=O)c1ccc(C(=O)Nc2ccc([N+](=O)[O-])cc2OC)cc1. The summed E-state index contributed by atoms with van der Waals surface area (Å²) in [4.78, 5) is 45.8. The lowest BCUT2D eigenvalue weighted by molar-refractivity contribution is -0.385. The van der Waals surface area contributed by atoms with E-state index in [0.717, 1.165) is 0 Å². The molecule has 0 aliphatic rings. The van der Waals surface area contributed by atoms with Crippen LogP contribution in [0.2, 0.25) is 0 Å². The van der Waals surface area contributed by atoms with Gasteiger partial charge < -0.3 is 20.1 Å². The molecule has 12 nitrogen and oxygen atoms in total. The van der Waals surface area contributed by atoms with E-state index < -0.39 is 21.7 Å². The van der Waals surface area contributed by atoms with Gasteiger partial charge in [0.1, 0.15) is 11.5 Å². The number of hydrogen-bond donors (Lipinski definition) is 2. The summed E-state index contributed by atoms with van der Waals surface area (Å²) in [7, 11) is 2.64. The van der Waals surface area contributed by atoms with E-state index >= 15 is 0 Å². The molecule has 0 aromatic heterocycles. The van der Waals surface area contributed by atoms with Gasteiger partial charge in [0.05, 0.1) is 47.6 Å². The summed E-state index contributed by atoms with van der Waals surface area (Å²) >= 11 is 0. The lowest BCUT2D eigenvalue weighted by atomic mass is 10.1. The van der Waals surface area contributed by atoms with Gasteiger partial charge in [0.2, 0.25) is 0 Å². The molecule has 0 saturated carbocycles. The number of carbonyl (C=O) groups excluding carboxylic acids is 2. The molecule has 0 atom stereocenters. The largest absolute Gasteiger partial charge is 0.494 e. The molecule has 0 spiro atoms. The fraction of sp³-hybridized carbons (Fsp3) is 0.0909. The highest BCUT2D eigenvalue weighted by Gasteiger charge is 2.17. The number of anilines is 2. The average molecular weight is 466 g/mol. The fourth-order valence-corrected chi connectivity index (χ4v) is 2.96. The second kappa shape index (κ2) is 10.1. The number of nitrogens with one attached hydrogen (secondary N) is 2. The van der Waals surface area contributed by atoms with Crippen LogP contribution in [-0.2, 0) is 0 Å². The van der Waals surface area contributed by atoms with E-state index in [9.17, 15) is 29.8 Å². The number of ether oxygens (including phenoxy) is 2. The first kappa shape index (κ1) is 23.7. The molecule has 2 amide bonds. The van der Waals surface area contributed by atoms with Crippen LogP contribution in [0.5, 0.6) is 11.5 Å². The Balaban J connectivity index is 1.72. The predicted molar refractivity (Wildman–Crippen MR) is 122 cm³/mol. The number of amides is 2. The molecular formula is C22H18N4O8. The van der Waals surface area contributed by atoms with Crippen LogP contribution < -0.4 is 20.1 Å². The number of carbonyl (C=O) groups is 2. The zero-order chi connectivity index (χ0) is 24.8. The highest BCUT2D eigenvalue weighted by Crippen LogP contribution is 2.30. The van der Waals surface area contributed by atoms with Crippen molar-refractivity contribution in [3.8, 4) is 11.5 Å². The number of non-ortho nitro benzene ring substituents is 2. The number of nitro benzene ring substituents is 2. The van der Waals surface area contributed by atoms with Gasteiger partial charge in [-0.25, -0.2) is 0 Å². The third-order valence-electron chi connectivity index (χ3n) is 4.70. The van der Waals surface area contributed by atoms with Crippen LogP contribution >= 0.6 is 0 Å². The zero-order valence-electron chi connectivity index (χ0n) is 17.9. The smallest absolute Gasteiger partial charge is 0.273 e. The van der Waals surface area contributed by atoms with Crippen LogP contribution in [0.4, 0.5) is 22.7 Å². The van der Waals surface area contributed by atoms with Gasteiger partial charge in [-0.1, -0.05) is 0 Å². The van der Waals surface area contributed by atoms with Crippen molar-refractivity contribution in [2.45, 2.75) is 0 Å². The Hall–Kier alpha value is -5.00. The Labute approximate surface area is 192 Å². The Morgan fingerprint density at radius 1 is 0.676 bits per heavy atom. The van der Waals surface area contributed by atoms with Gasteiger partial charge in [0.25, 0.3) is 23.2 Å². The monoisotopic (exact) mass is 466 g/mol.